The van der Waals surface area contributed by atoms with Crippen LogP contribution in [-0.4, -0.2) is 80.1 Å². The Morgan fingerprint density at radius 3 is 2.63 bits per heavy atom. The van der Waals surface area contributed by atoms with Crippen molar-refractivity contribution in [1.29, 1.82) is 0 Å². The van der Waals surface area contributed by atoms with Crippen molar-refractivity contribution in [3.8, 4) is 5.75 Å². The molecule has 2 fully saturated rings. The second-order valence-corrected chi connectivity index (χ2v) is 12.0. The molecule has 4 heterocycles. The van der Waals surface area contributed by atoms with E-state index >= 15 is 0 Å². The smallest absolute Gasteiger partial charge is 0.311 e. The minimum absolute atomic E-state index is 0.0203. The highest BCUT2D eigenvalue weighted by molar-refractivity contribution is 7.89. The van der Waals surface area contributed by atoms with Crippen molar-refractivity contribution >= 4 is 45.0 Å². The van der Waals surface area contributed by atoms with Crippen molar-refractivity contribution in [2.75, 3.05) is 38.2 Å². The molecule has 3 aliphatic rings. The number of rotatable bonds is 3. The van der Waals surface area contributed by atoms with E-state index in [4.69, 9.17) is 21.1 Å². The molecule has 3 aliphatic heterocycles. The van der Waals surface area contributed by atoms with Gasteiger partial charge in [0, 0.05) is 44.0 Å². The Morgan fingerprint density at radius 2 is 1.97 bits per heavy atom. The number of anilines is 1. The molecule has 0 radical (unpaired) electrons. The zero-order valence-electron chi connectivity index (χ0n) is 20.4. The molecule has 1 aromatic carbocycles. The summed E-state index contributed by atoms with van der Waals surface area (Å²) in [6, 6.07) is 2.93. The van der Waals surface area contributed by atoms with E-state index < -0.39 is 51.1 Å². The molecule has 2 saturated heterocycles. The maximum absolute atomic E-state index is 13.5. The fourth-order valence-corrected chi connectivity index (χ4v) is 6.35. The average molecular weight is 570 g/mol. The summed E-state index contributed by atoms with van der Waals surface area (Å²) in [7, 11) is -2.68. The van der Waals surface area contributed by atoms with E-state index in [-0.39, 0.29) is 46.7 Å². The summed E-state index contributed by atoms with van der Waals surface area (Å²) in [5, 5.41) is 5.02. The number of hydrogen-bond acceptors (Lipinski definition) is 7. The normalized spacial score (nSPS) is 23.1. The Hall–Kier alpha value is -3.20. The fraction of sp³-hybridized carbons (Fsp3) is 0.435. The first-order valence-corrected chi connectivity index (χ1v) is 13.5. The lowest BCUT2D eigenvalue weighted by atomic mass is 10.0. The predicted molar refractivity (Wildman–Crippen MR) is 132 cm³/mol. The summed E-state index contributed by atoms with van der Waals surface area (Å²) in [4.78, 5) is 39.4. The largest absolute Gasteiger partial charge is 0.489 e. The SMILES string of the molecule is Cn1cc2c(c1C(=O)Nc1ccc(F)c(Cl)c1)OC[C@@H]1CN(C(=O)C(=O)NC3(C)COC3)C[C@@H]1NS2(=O)=O. The highest BCUT2D eigenvalue weighted by Gasteiger charge is 2.44. The molecule has 38 heavy (non-hydrogen) atoms. The van der Waals surface area contributed by atoms with Crippen molar-refractivity contribution in [2.24, 2.45) is 13.0 Å². The summed E-state index contributed by atoms with van der Waals surface area (Å²) >= 11 is 5.79. The molecule has 2 atom stereocenters. The van der Waals surface area contributed by atoms with Crippen molar-refractivity contribution in [1.82, 2.24) is 19.5 Å². The highest BCUT2D eigenvalue weighted by Crippen LogP contribution is 2.35. The molecule has 204 valence electrons. The van der Waals surface area contributed by atoms with Crippen LogP contribution in [0.3, 0.4) is 0 Å². The van der Waals surface area contributed by atoms with Gasteiger partial charge in [-0.15, -0.1) is 0 Å². The number of carbonyl (C=O) groups is 3. The van der Waals surface area contributed by atoms with Gasteiger partial charge in [0.15, 0.2) is 11.4 Å². The topological polar surface area (TPSA) is 148 Å². The molecule has 0 aliphatic carbocycles. The molecule has 0 bridgehead atoms. The van der Waals surface area contributed by atoms with E-state index in [1.165, 1.54) is 34.8 Å². The lowest BCUT2D eigenvalue weighted by Crippen LogP contribution is -2.62. The van der Waals surface area contributed by atoms with Gasteiger partial charge in [0.2, 0.25) is 10.0 Å². The van der Waals surface area contributed by atoms with Crippen molar-refractivity contribution in [3.63, 3.8) is 0 Å². The van der Waals surface area contributed by atoms with Crippen LogP contribution in [0.25, 0.3) is 0 Å². The van der Waals surface area contributed by atoms with Gasteiger partial charge in [0.25, 0.3) is 5.91 Å². The minimum Gasteiger partial charge on any atom is -0.489 e. The van der Waals surface area contributed by atoms with Gasteiger partial charge in [-0.05, 0) is 25.1 Å². The van der Waals surface area contributed by atoms with Crippen LogP contribution in [0, 0.1) is 11.7 Å². The van der Waals surface area contributed by atoms with Crippen molar-refractivity contribution < 1.29 is 36.7 Å². The highest BCUT2D eigenvalue weighted by atomic mass is 35.5. The lowest BCUT2D eigenvalue weighted by molar-refractivity contribution is -0.150. The Kier molecular flexibility index (Phi) is 6.62. The molecular formula is C23H25ClFN5O7S. The number of nitrogens with zero attached hydrogens (tertiary/aromatic N) is 2. The Bertz CT molecular complexity index is 1440. The lowest BCUT2D eigenvalue weighted by Gasteiger charge is -2.38. The zero-order chi connectivity index (χ0) is 27.4. The van der Waals surface area contributed by atoms with E-state index in [0.717, 1.165) is 6.07 Å². The van der Waals surface area contributed by atoms with Crippen LogP contribution in [-0.2, 0) is 31.4 Å². The second-order valence-electron chi connectivity index (χ2n) is 9.88. The monoisotopic (exact) mass is 569 g/mol. The molecule has 5 rings (SSSR count). The van der Waals surface area contributed by atoms with Crippen LogP contribution in [0.2, 0.25) is 5.02 Å². The average Bonchev–Trinajstić information content (AvgIpc) is 3.37. The van der Waals surface area contributed by atoms with E-state index in [1.54, 1.807) is 6.92 Å². The summed E-state index contributed by atoms with van der Waals surface area (Å²) < 4.78 is 54.9. The molecular weight excluding hydrogens is 545 g/mol. The number of carbonyl (C=O) groups excluding carboxylic acids is 3. The summed E-state index contributed by atoms with van der Waals surface area (Å²) in [6.07, 6.45) is 1.25. The van der Waals surface area contributed by atoms with Gasteiger partial charge in [-0.25, -0.2) is 17.5 Å². The number of nitrogens with one attached hydrogen (secondary N) is 3. The van der Waals surface area contributed by atoms with Crippen LogP contribution >= 0.6 is 11.6 Å². The summed E-state index contributed by atoms with van der Waals surface area (Å²) in [6.45, 7) is 2.39. The number of aryl methyl sites for hydroxylation is 1. The standard InChI is InChI=1S/C23H25ClFN5O7S/c1-23(10-36-11-23)27-21(32)22(33)30-6-12-9-37-19-17(38(34,35)28-16(12)7-30)8-29(2)18(19)20(31)26-13-3-4-15(25)14(24)5-13/h3-5,8,12,16,28H,6-7,9-11H2,1-2H3,(H,26,31)(H,27,32)/t12-,16-/m0/s1. The van der Waals surface area contributed by atoms with Gasteiger partial charge in [-0.3, -0.25) is 14.4 Å². The summed E-state index contributed by atoms with van der Waals surface area (Å²) in [5.74, 6) is -3.57. The van der Waals surface area contributed by atoms with Gasteiger partial charge in [0.05, 0.1) is 30.4 Å². The van der Waals surface area contributed by atoms with Gasteiger partial charge in [-0.1, -0.05) is 11.6 Å². The third-order valence-electron chi connectivity index (χ3n) is 6.71. The second kappa shape index (κ2) is 9.52. The zero-order valence-corrected chi connectivity index (χ0v) is 22.0. The van der Waals surface area contributed by atoms with E-state index in [0.29, 0.717) is 13.2 Å². The van der Waals surface area contributed by atoms with Gasteiger partial charge in [-0.2, -0.15) is 0 Å². The number of aromatic nitrogens is 1. The quantitative estimate of drug-likeness (QED) is 0.455. The first kappa shape index (κ1) is 26.4. The number of ether oxygens (including phenoxy) is 2. The molecule has 1 aromatic heterocycles. The third-order valence-corrected chi connectivity index (χ3v) is 8.48. The minimum atomic E-state index is -4.17. The van der Waals surface area contributed by atoms with Gasteiger partial charge < -0.3 is 29.6 Å². The number of hydrogen-bond donors (Lipinski definition) is 3. The molecule has 15 heteroatoms. The van der Waals surface area contributed by atoms with Crippen molar-refractivity contribution in [2.45, 2.75) is 23.4 Å². The molecule has 12 nitrogen and oxygen atoms in total. The number of halogens is 2. The number of benzene rings is 1. The van der Waals surface area contributed by atoms with E-state index in [1.807, 2.05) is 0 Å². The molecule has 0 spiro atoms. The molecule has 3 amide bonds. The van der Waals surface area contributed by atoms with Gasteiger partial charge >= 0.3 is 11.8 Å². The molecule has 0 unspecified atom stereocenters. The fourth-order valence-electron chi connectivity index (χ4n) is 4.68. The predicted octanol–water partition coefficient (Wildman–Crippen LogP) is 0.473. The molecule has 2 aromatic rings. The van der Waals surface area contributed by atoms with Crippen LogP contribution in [0.1, 0.15) is 17.4 Å². The third kappa shape index (κ3) is 4.84. The van der Waals surface area contributed by atoms with E-state index in [2.05, 4.69) is 15.4 Å². The first-order valence-electron chi connectivity index (χ1n) is 11.7. The van der Waals surface area contributed by atoms with Gasteiger partial charge in [0.1, 0.15) is 10.7 Å². The van der Waals surface area contributed by atoms with Crippen LogP contribution in [0.5, 0.6) is 5.75 Å². The molecule has 3 N–H and O–H groups in total. The van der Waals surface area contributed by atoms with E-state index in [9.17, 15) is 27.2 Å². The van der Waals surface area contributed by atoms with Crippen LogP contribution in [0.15, 0.2) is 29.3 Å². The number of likely N-dealkylation sites (tertiary alicyclic amines) is 1. The Labute approximate surface area is 222 Å². The van der Waals surface area contributed by atoms with Crippen LogP contribution < -0.4 is 20.1 Å². The number of sulfonamides is 1. The number of amides is 3. The maximum atomic E-state index is 13.5. The Morgan fingerprint density at radius 1 is 1.24 bits per heavy atom. The number of fused-ring (bicyclic) bond motifs is 2. The van der Waals surface area contributed by atoms with Crippen molar-refractivity contribution in [3.05, 3.63) is 40.9 Å². The van der Waals surface area contributed by atoms with Crippen LogP contribution in [0.4, 0.5) is 10.1 Å². The Balaban J connectivity index is 1.35. The molecule has 0 saturated carbocycles. The first-order chi connectivity index (χ1) is 17.9. The maximum Gasteiger partial charge on any atom is 0.311 e. The summed E-state index contributed by atoms with van der Waals surface area (Å²) in [5.41, 5.74) is -0.489.